The summed E-state index contributed by atoms with van der Waals surface area (Å²) in [7, 11) is 0. The Morgan fingerprint density at radius 1 is 1.21 bits per heavy atom. The summed E-state index contributed by atoms with van der Waals surface area (Å²) < 4.78 is 7.28. The number of carboxylic acids is 1. The van der Waals surface area contributed by atoms with Crippen molar-refractivity contribution in [3.05, 3.63) is 30.0 Å². The number of aliphatic carboxylic acids is 1. The number of aliphatic imine (C=N–C) groups is 1. The van der Waals surface area contributed by atoms with Crippen LogP contribution in [-0.2, 0) is 22.5 Å². The molecule has 8 heteroatoms. The molecule has 0 radical (unpaired) electrons. The first-order valence-electron chi connectivity index (χ1n) is 9.85. The number of aryl methyl sites for hydroxylation is 2. The lowest BCUT2D eigenvalue weighted by molar-refractivity contribution is -0.137. The number of fused-ring (bicyclic) bond motifs is 1. The highest BCUT2D eigenvalue weighted by atomic mass is 16.5. The zero-order valence-corrected chi connectivity index (χ0v) is 15.9. The number of carbonyl (C=O) groups is 1. The number of hydrogen-bond acceptors (Lipinski definition) is 6. The number of para-hydroxylation sites is 1. The van der Waals surface area contributed by atoms with Gasteiger partial charge in [0.05, 0.1) is 18.5 Å². The quantitative estimate of drug-likeness (QED) is 0.853. The molecular formula is C20H25N5O3. The summed E-state index contributed by atoms with van der Waals surface area (Å²) in [6, 6.07) is 6.20. The van der Waals surface area contributed by atoms with Crippen molar-refractivity contribution in [1.82, 2.24) is 19.9 Å². The molecule has 1 N–H and O–H groups in total. The third-order valence-electron chi connectivity index (χ3n) is 5.16. The van der Waals surface area contributed by atoms with Crippen LogP contribution in [0.15, 0.2) is 29.4 Å². The third kappa shape index (κ3) is 4.22. The van der Waals surface area contributed by atoms with Gasteiger partial charge in [-0.3, -0.25) is 9.48 Å². The van der Waals surface area contributed by atoms with E-state index >= 15 is 0 Å². The Hall–Kier alpha value is -2.74. The van der Waals surface area contributed by atoms with Gasteiger partial charge in [0.15, 0.2) is 0 Å². The van der Waals surface area contributed by atoms with E-state index in [9.17, 15) is 4.79 Å². The highest BCUT2D eigenvalue weighted by Gasteiger charge is 2.22. The zero-order chi connectivity index (χ0) is 19.3. The van der Waals surface area contributed by atoms with Crippen molar-refractivity contribution in [3.63, 3.8) is 0 Å². The number of hydrogen-bond donors (Lipinski definition) is 1. The molecule has 2 aromatic rings. The average molecular weight is 383 g/mol. The van der Waals surface area contributed by atoms with Crippen LogP contribution in [0.25, 0.3) is 11.3 Å². The van der Waals surface area contributed by atoms with Crippen molar-refractivity contribution in [3.8, 4) is 11.3 Å². The Kier molecular flexibility index (Phi) is 5.66. The van der Waals surface area contributed by atoms with E-state index in [0.29, 0.717) is 13.0 Å². The number of amidine groups is 1. The second-order valence-corrected chi connectivity index (χ2v) is 7.16. The van der Waals surface area contributed by atoms with Gasteiger partial charge < -0.3 is 14.7 Å². The monoisotopic (exact) mass is 383 g/mol. The normalized spacial score (nSPS) is 17.0. The maximum atomic E-state index is 10.7. The standard InChI is InChI=1S/C20H25N5O3/c26-19(27)6-2-10-25-14-17(22-23-25)16-5-1-4-15-7-8-18(21-20(15)16)24-9-3-12-28-13-11-24/h1,4-5,14H,2-3,6-13H2,(H,26,27). The number of nitrogens with zero attached hydrogens (tertiary/aromatic N) is 5. The van der Waals surface area contributed by atoms with Crippen LogP contribution in [0.4, 0.5) is 5.69 Å². The molecule has 1 fully saturated rings. The lowest BCUT2D eigenvalue weighted by atomic mass is 9.98. The lowest BCUT2D eigenvalue weighted by Gasteiger charge is -2.27. The minimum absolute atomic E-state index is 0.128. The molecule has 28 heavy (non-hydrogen) atoms. The van der Waals surface area contributed by atoms with Crippen LogP contribution in [0.2, 0.25) is 0 Å². The number of rotatable bonds is 5. The fourth-order valence-corrected chi connectivity index (χ4v) is 3.72. The van der Waals surface area contributed by atoms with Crippen molar-refractivity contribution in [2.45, 2.75) is 38.6 Å². The molecule has 0 bridgehead atoms. The lowest BCUT2D eigenvalue weighted by Crippen LogP contribution is -2.34. The van der Waals surface area contributed by atoms with Gasteiger partial charge in [0.1, 0.15) is 11.5 Å². The molecule has 0 amide bonds. The van der Waals surface area contributed by atoms with Gasteiger partial charge in [-0.05, 0) is 24.8 Å². The molecule has 0 saturated carbocycles. The number of ether oxygens (including phenoxy) is 1. The van der Waals surface area contributed by atoms with Gasteiger partial charge in [-0.2, -0.15) is 0 Å². The second kappa shape index (κ2) is 8.52. The van der Waals surface area contributed by atoms with E-state index in [4.69, 9.17) is 14.8 Å². The average Bonchev–Trinajstić information content (AvgIpc) is 2.99. The first kappa shape index (κ1) is 18.6. The van der Waals surface area contributed by atoms with Gasteiger partial charge in [0, 0.05) is 44.6 Å². The SMILES string of the molecule is O=C(O)CCCn1cc(-c2cccc3c2N=C(N2CCCOCC2)CC3)nn1. The van der Waals surface area contributed by atoms with Gasteiger partial charge in [-0.15, -0.1) is 5.10 Å². The minimum atomic E-state index is -0.793. The Morgan fingerprint density at radius 2 is 2.14 bits per heavy atom. The van der Waals surface area contributed by atoms with E-state index in [0.717, 1.165) is 68.3 Å². The summed E-state index contributed by atoms with van der Waals surface area (Å²) in [4.78, 5) is 18.0. The third-order valence-corrected chi connectivity index (χ3v) is 5.16. The Bertz CT molecular complexity index is 868. The molecule has 3 heterocycles. The molecule has 8 nitrogen and oxygen atoms in total. The first-order valence-corrected chi connectivity index (χ1v) is 9.85. The van der Waals surface area contributed by atoms with E-state index in [1.165, 1.54) is 5.56 Å². The van der Waals surface area contributed by atoms with E-state index < -0.39 is 5.97 Å². The highest BCUT2D eigenvalue weighted by molar-refractivity contribution is 5.91. The summed E-state index contributed by atoms with van der Waals surface area (Å²) in [6.45, 7) is 3.97. The maximum Gasteiger partial charge on any atom is 0.303 e. The van der Waals surface area contributed by atoms with Crippen molar-refractivity contribution in [1.29, 1.82) is 0 Å². The van der Waals surface area contributed by atoms with Crippen LogP contribution >= 0.6 is 0 Å². The van der Waals surface area contributed by atoms with Crippen LogP contribution in [0.5, 0.6) is 0 Å². The van der Waals surface area contributed by atoms with Crippen molar-refractivity contribution in [2.75, 3.05) is 26.3 Å². The molecule has 2 aliphatic rings. The Labute approximate surface area is 163 Å². The summed E-state index contributed by atoms with van der Waals surface area (Å²) >= 11 is 0. The Morgan fingerprint density at radius 3 is 3.04 bits per heavy atom. The summed E-state index contributed by atoms with van der Waals surface area (Å²) in [5, 5.41) is 17.3. The molecule has 1 aromatic heterocycles. The largest absolute Gasteiger partial charge is 0.481 e. The molecule has 4 rings (SSSR count). The summed E-state index contributed by atoms with van der Waals surface area (Å²) in [5.41, 5.74) is 3.96. The van der Waals surface area contributed by atoms with Gasteiger partial charge in [0.2, 0.25) is 0 Å². The zero-order valence-electron chi connectivity index (χ0n) is 15.9. The number of aromatic nitrogens is 3. The Balaban J connectivity index is 1.57. The maximum absolute atomic E-state index is 10.7. The van der Waals surface area contributed by atoms with Crippen molar-refractivity contribution in [2.24, 2.45) is 4.99 Å². The van der Waals surface area contributed by atoms with Gasteiger partial charge in [-0.25, -0.2) is 4.99 Å². The molecule has 1 aromatic carbocycles. The molecule has 0 spiro atoms. The number of benzene rings is 1. The molecule has 2 aliphatic heterocycles. The van der Waals surface area contributed by atoms with E-state index in [-0.39, 0.29) is 6.42 Å². The predicted octanol–water partition coefficient (Wildman–Crippen LogP) is 2.51. The van der Waals surface area contributed by atoms with E-state index in [1.54, 1.807) is 4.68 Å². The van der Waals surface area contributed by atoms with Crippen LogP contribution < -0.4 is 0 Å². The topological polar surface area (TPSA) is 92.8 Å². The van der Waals surface area contributed by atoms with Crippen LogP contribution in [0, 0.1) is 0 Å². The molecule has 1 saturated heterocycles. The van der Waals surface area contributed by atoms with Gasteiger partial charge in [-0.1, -0.05) is 23.4 Å². The summed E-state index contributed by atoms with van der Waals surface area (Å²) in [5.74, 6) is 0.331. The van der Waals surface area contributed by atoms with Gasteiger partial charge >= 0.3 is 5.97 Å². The van der Waals surface area contributed by atoms with Crippen molar-refractivity contribution >= 4 is 17.5 Å². The molecule has 0 unspecified atom stereocenters. The van der Waals surface area contributed by atoms with Crippen LogP contribution in [0.1, 0.15) is 31.2 Å². The fourth-order valence-electron chi connectivity index (χ4n) is 3.72. The smallest absolute Gasteiger partial charge is 0.303 e. The van der Waals surface area contributed by atoms with Crippen LogP contribution in [-0.4, -0.2) is 63.1 Å². The van der Waals surface area contributed by atoms with Crippen molar-refractivity contribution < 1.29 is 14.6 Å². The fraction of sp³-hybridized carbons (Fsp3) is 0.500. The minimum Gasteiger partial charge on any atom is -0.481 e. The molecule has 0 atom stereocenters. The van der Waals surface area contributed by atoms with Gasteiger partial charge in [0.25, 0.3) is 0 Å². The van der Waals surface area contributed by atoms with E-state index in [1.807, 2.05) is 18.3 Å². The highest BCUT2D eigenvalue weighted by Crippen LogP contribution is 2.36. The predicted molar refractivity (Wildman–Crippen MR) is 105 cm³/mol. The number of carboxylic acid groups (broad SMARTS) is 1. The van der Waals surface area contributed by atoms with Crippen LogP contribution in [0.3, 0.4) is 0 Å². The molecule has 148 valence electrons. The summed E-state index contributed by atoms with van der Waals surface area (Å²) in [6.07, 6.45) is 5.47. The molecule has 0 aliphatic carbocycles. The second-order valence-electron chi connectivity index (χ2n) is 7.16. The van der Waals surface area contributed by atoms with E-state index in [2.05, 4.69) is 21.3 Å². The molecular weight excluding hydrogens is 358 g/mol. The first-order chi connectivity index (χ1) is 13.7.